The molecule has 1 amide bonds. The first-order chi connectivity index (χ1) is 9.60. The van der Waals surface area contributed by atoms with Crippen molar-refractivity contribution >= 4 is 11.9 Å². The third-order valence-corrected chi connectivity index (χ3v) is 3.17. The highest BCUT2D eigenvalue weighted by Crippen LogP contribution is 2.19. The van der Waals surface area contributed by atoms with Crippen molar-refractivity contribution < 1.29 is 9.21 Å². The quantitative estimate of drug-likeness (QED) is 0.663. The molecule has 3 N–H and O–H groups in total. The second kappa shape index (κ2) is 6.69. The molecule has 7 nitrogen and oxygen atoms in total. The minimum Gasteiger partial charge on any atom is -0.406 e. The Morgan fingerprint density at radius 2 is 2.15 bits per heavy atom. The summed E-state index contributed by atoms with van der Waals surface area (Å²) in [5.74, 6) is 0.486. The van der Waals surface area contributed by atoms with E-state index in [1.807, 2.05) is 6.92 Å². The summed E-state index contributed by atoms with van der Waals surface area (Å²) in [4.78, 5) is 11.8. The fourth-order valence-electron chi connectivity index (χ4n) is 1.72. The Bertz CT molecular complexity index is 444. The molecule has 0 bridgehead atoms. The van der Waals surface area contributed by atoms with Crippen LogP contribution in [-0.4, -0.2) is 34.7 Å². The number of nitrogens with one attached hydrogen (secondary N) is 3. The fourth-order valence-corrected chi connectivity index (χ4v) is 1.72. The predicted octanol–water partition coefficient (Wildman–Crippen LogP) is 1.21. The SMILES string of the molecule is CCCNC(C)c1nnc(NC(C)C(=O)NC2CC2)o1. The van der Waals surface area contributed by atoms with Gasteiger partial charge in [0.25, 0.3) is 0 Å². The smallest absolute Gasteiger partial charge is 0.316 e. The Morgan fingerprint density at radius 3 is 2.80 bits per heavy atom. The molecule has 1 aliphatic rings. The molecule has 0 spiro atoms. The van der Waals surface area contributed by atoms with Crippen molar-refractivity contribution in [1.82, 2.24) is 20.8 Å². The number of aromatic nitrogens is 2. The van der Waals surface area contributed by atoms with E-state index in [-0.39, 0.29) is 24.0 Å². The molecule has 2 unspecified atom stereocenters. The van der Waals surface area contributed by atoms with E-state index in [0.717, 1.165) is 25.8 Å². The molecular weight excluding hydrogens is 258 g/mol. The topological polar surface area (TPSA) is 92.1 Å². The molecule has 1 fully saturated rings. The lowest BCUT2D eigenvalue weighted by molar-refractivity contribution is -0.121. The molecule has 0 aliphatic heterocycles. The van der Waals surface area contributed by atoms with Crippen molar-refractivity contribution in [2.45, 2.75) is 58.2 Å². The van der Waals surface area contributed by atoms with Gasteiger partial charge in [0, 0.05) is 6.04 Å². The Morgan fingerprint density at radius 1 is 1.40 bits per heavy atom. The lowest BCUT2D eigenvalue weighted by Crippen LogP contribution is -2.38. The summed E-state index contributed by atoms with van der Waals surface area (Å²) >= 11 is 0. The van der Waals surface area contributed by atoms with Crippen LogP contribution in [0.5, 0.6) is 0 Å². The normalized spacial score (nSPS) is 17.6. The minimum atomic E-state index is -0.386. The first kappa shape index (κ1) is 14.8. The summed E-state index contributed by atoms with van der Waals surface area (Å²) in [5, 5.41) is 17.0. The van der Waals surface area contributed by atoms with Crippen LogP contribution >= 0.6 is 0 Å². The highest BCUT2D eigenvalue weighted by atomic mass is 16.4. The number of carbonyl (C=O) groups is 1. The summed E-state index contributed by atoms with van der Waals surface area (Å²) in [6.07, 6.45) is 3.19. The van der Waals surface area contributed by atoms with Crippen molar-refractivity contribution in [2.24, 2.45) is 0 Å². The van der Waals surface area contributed by atoms with Gasteiger partial charge in [-0.2, -0.15) is 0 Å². The summed E-state index contributed by atoms with van der Waals surface area (Å²) in [6, 6.07) is 0.253. The van der Waals surface area contributed by atoms with E-state index in [1.165, 1.54) is 0 Å². The summed E-state index contributed by atoms with van der Waals surface area (Å²) in [6.45, 7) is 6.74. The van der Waals surface area contributed by atoms with E-state index in [1.54, 1.807) is 6.92 Å². The van der Waals surface area contributed by atoms with Crippen molar-refractivity contribution in [3.63, 3.8) is 0 Å². The highest BCUT2D eigenvalue weighted by Gasteiger charge is 2.26. The third-order valence-electron chi connectivity index (χ3n) is 3.17. The van der Waals surface area contributed by atoms with Crippen molar-refractivity contribution in [3.05, 3.63) is 5.89 Å². The second-order valence-corrected chi connectivity index (χ2v) is 5.27. The van der Waals surface area contributed by atoms with E-state index < -0.39 is 0 Å². The molecule has 0 radical (unpaired) electrons. The van der Waals surface area contributed by atoms with Crippen molar-refractivity contribution in [1.29, 1.82) is 0 Å². The zero-order valence-corrected chi connectivity index (χ0v) is 12.3. The lowest BCUT2D eigenvalue weighted by atomic mass is 10.3. The van der Waals surface area contributed by atoms with E-state index in [2.05, 4.69) is 33.1 Å². The summed E-state index contributed by atoms with van der Waals surface area (Å²) < 4.78 is 5.51. The number of hydrogen-bond acceptors (Lipinski definition) is 6. The van der Waals surface area contributed by atoms with Crippen LogP contribution in [0.4, 0.5) is 6.01 Å². The number of carbonyl (C=O) groups excluding carboxylic acids is 1. The molecule has 20 heavy (non-hydrogen) atoms. The van der Waals surface area contributed by atoms with Crippen LogP contribution in [0.2, 0.25) is 0 Å². The van der Waals surface area contributed by atoms with Crippen molar-refractivity contribution in [2.75, 3.05) is 11.9 Å². The third kappa shape index (κ3) is 4.19. The van der Waals surface area contributed by atoms with Gasteiger partial charge in [0.15, 0.2) is 0 Å². The van der Waals surface area contributed by atoms with Crippen LogP contribution in [0.15, 0.2) is 4.42 Å². The summed E-state index contributed by atoms with van der Waals surface area (Å²) in [5.41, 5.74) is 0. The number of nitrogens with zero attached hydrogens (tertiary/aromatic N) is 2. The summed E-state index contributed by atoms with van der Waals surface area (Å²) in [7, 11) is 0. The Hall–Kier alpha value is -1.63. The van der Waals surface area contributed by atoms with Gasteiger partial charge in [-0.1, -0.05) is 12.0 Å². The largest absolute Gasteiger partial charge is 0.406 e. The van der Waals surface area contributed by atoms with Crippen molar-refractivity contribution in [3.8, 4) is 0 Å². The maximum Gasteiger partial charge on any atom is 0.316 e. The molecule has 7 heteroatoms. The predicted molar refractivity (Wildman–Crippen MR) is 75.3 cm³/mol. The Labute approximate surface area is 118 Å². The second-order valence-electron chi connectivity index (χ2n) is 5.27. The average molecular weight is 281 g/mol. The molecule has 1 aliphatic carbocycles. The first-order valence-corrected chi connectivity index (χ1v) is 7.23. The maximum atomic E-state index is 11.8. The van der Waals surface area contributed by atoms with Gasteiger partial charge in [-0.05, 0) is 39.7 Å². The van der Waals surface area contributed by atoms with Gasteiger partial charge in [0.05, 0.1) is 6.04 Å². The number of anilines is 1. The Kier molecular flexibility index (Phi) is 4.94. The standard InChI is InChI=1S/C13H23N5O2/c1-4-7-14-9(3)12-17-18-13(20-12)15-8(2)11(19)16-10-5-6-10/h8-10,14H,4-7H2,1-3H3,(H,15,18)(H,16,19). The molecule has 1 aromatic heterocycles. The van der Waals surface area contributed by atoms with E-state index >= 15 is 0 Å². The number of rotatable bonds is 8. The maximum absolute atomic E-state index is 11.8. The van der Waals surface area contributed by atoms with Crippen LogP contribution < -0.4 is 16.0 Å². The van der Waals surface area contributed by atoms with Gasteiger partial charge in [-0.3, -0.25) is 4.79 Å². The van der Waals surface area contributed by atoms with Crippen LogP contribution in [0, 0.1) is 0 Å². The van der Waals surface area contributed by atoms with E-state index in [4.69, 9.17) is 4.42 Å². The highest BCUT2D eigenvalue weighted by molar-refractivity contribution is 5.84. The van der Waals surface area contributed by atoms with Crippen LogP contribution in [0.25, 0.3) is 0 Å². The first-order valence-electron chi connectivity index (χ1n) is 7.23. The molecule has 0 aromatic carbocycles. The molecule has 2 atom stereocenters. The van der Waals surface area contributed by atoms with Gasteiger partial charge in [-0.15, -0.1) is 5.10 Å². The molecular formula is C13H23N5O2. The Balaban J connectivity index is 1.83. The van der Waals surface area contributed by atoms with Gasteiger partial charge < -0.3 is 20.4 Å². The van der Waals surface area contributed by atoms with E-state index in [9.17, 15) is 4.79 Å². The van der Waals surface area contributed by atoms with Crippen LogP contribution in [0.3, 0.4) is 0 Å². The molecule has 0 saturated heterocycles. The average Bonchev–Trinajstić information content (AvgIpc) is 3.12. The van der Waals surface area contributed by atoms with Gasteiger partial charge in [0.1, 0.15) is 6.04 Å². The monoisotopic (exact) mass is 281 g/mol. The van der Waals surface area contributed by atoms with Gasteiger partial charge >= 0.3 is 6.01 Å². The molecule has 1 saturated carbocycles. The zero-order valence-electron chi connectivity index (χ0n) is 12.3. The molecule has 1 aromatic rings. The zero-order chi connectivity index (χ0) is 14.5. The van der Waals surface area contributed by atoms with Crippen LogP contribution in [-0.2, 0) is 4.79 Å². The lowest BCUT2D eigenvalue weighted by Gasteiger charge is -2.11. The number of hydrogen-bond donors (Lipinski definition) is 3. The number of amides is 1. The van der Waals surface area contributed by atoms with Gasteiger partial charge in [0.2, 0.25) is 11.8 Å². The van der Waals surface area contributed by atoms with Crippen LogP contribution in [0.1, 0.15) is 52.0 Å². The van der Waals surface area contributed by atoms with E-state index in [0.29, 0.717) is 11.9 Å². The molecule has 1 heterocycles. The van der Waals surface area contributed by atoms with Gasteiger partial charge in [-0.25, -0.2) is 0 Å². The fraction of sp³-hybridized carbons (Fsp3) is 0.769. The molecule has 2 rings (SSSR count). The minimum absolute atomic E-state index is 0.00796. The molecule has 112 valence electrons.